The zero-order valence-electron chi connectivity index (χ0n) is 13.1. The summed E-state index contributed by atoms with van der Waals surface area (Å²) in [6, 6.07) is 0.00597. The molecule has 0 saturated heterocycles. The van der Waals surface area contributed by atoms with Crippen molar-refractivity contribution >= 4 is 15.9 Å². The van der Waals surface area contributed by atoms with Crippen LogP contribution in [0.1, 0.15) is 51.9 Å². The molecule has 2 amide bonds. The molecule has 2 fully saturated rings. The zero-order chi connectivity index (χ0) is 15.5. The predicted octanol–water partition coefficient (Wildman–Crippen LogP) is 2.08. The highest BCUT2D eigenvalue weighted by Crippen LogP contribution is 2.43. The van der Waals surface area contributed by atoms with Gasteiger partial charge in [0.05, 0.1) is 5.75 Å². The summed E-state index contributed by atoms with van der Waals surface area (Å²) in [5.74, 6) is 1.82. The number of amides is 2. The maximum Gasteiger partial charge on any atom is 0.315 e. The number of sulfone groups is 1. The molecule has 0 bridgehead atoms. The van der Waals surface area contributed by atoms with Gasteiger partial charge in [-0.15, -0.1) is 0 Å². The third kappa shape index (κ3) is 6.24. The fourth-order valence-corrected chi connectivity index (χ4v) is 4.05. The molecule has 3 atom stereocenters. The first kappa shape index (κ1) is 16.6. The van der Waals surface area contributed by atoms with Crippen LogP contribution in [0.25, 0.3) is 0 Å². The summed E-state index contributed by atoms with van der Waals surface area (Å²) in [6.07, 6.45) is 9.11. The van der Waals surface area contributed by atoms with Gasteiger partial charge in [0.1, 0.15) is 9.84 Å². The Kier molecular flexibility index (Phi) is 5.52. The van der Waals surface area contributed by atoms with Crippen molar-refractivity contribution in [2.75, 3.05) is 12.0 Å². The summed E-state index contributed by atoms with van der Waals surface area (Å²) >= 11 is 0. The molecule has 2 N–H and O–H groups in total. The molecule has 2 saturated carbocycles. The van der Waals surface area contributed by atoms with Gasteiger partial charge in [0.2, 0.25) is 0 Å². The summed E-state index contributed by atoms with van der Waals surface area (Å²) < 4.78 is 22.2. The second-order valence-corrected chi connectivity index (χ2v) is 9.16. The van der Waals surface area contributed by atoms with E-state index in [0.717, 1.165) is 24.7 Å². The molecule has 21 heavy (non-hydrogen) atoms. The van der Waals surface area contributed by atoms with E-state index in [0.29, 0.717) is 6.42 Å². The van der Waals surface area contributed by atoms with E-state index in [2.05, 4.69) is 10.6 Å². The summed E-state index contributed by atoms with van der Waals surface area (Å²) in [6.45, 7) is 1.85. The zero-order valence-corrected chi connectivity index (χ0v) is 13.9. The van der Waals surface area contributed by atoms with E-state index in [1.54, 1.807) is 0 Å². The van der Waals surface area contributed by atoms with E-state index in [1.165, 1.54) is 31.9 Å². The molecular formula is C15H28N2O3S. The van der Waals surface area contributed by atoms with E-state index in [-0.39, 0.29) is 23.9 Å². The van der Waals surface area contributed by atoms with Gasteiger partial charge in [-0.1, -0.05) is 12.8 Å². The van der Waals surface area contributed by atoms with Crippen molar-refractivity contribution in [3.8, 4) is 0 Å². The average Bonchev–Trinajstić information content (AvgIpc) is 3.20. The topological polar surface area (TPSA) is 75.3 Å². The number of urea groups is 1. The molecule has 0 spiro atoms. The molecule has 6 heteroatoms. The standard InChI is InChI=1S/C15H28N2O3S/c1-11(8-9-21(2,19)20)16-15(18)17-14-5-3-4-13(10-14)12-6-7-12/h11-14H,3-10H2,1-2H3,(H2,16,17,18)/t11-,13-,14-/m1/s1. The van der Waals surface area contributed by atoms with Crippen molar-refractivity contribution in [2.45, 2.75) is 64.0 Å². The van der Waals surface area contributed by atoms with Gasteiger partial charge < -0.3 is 10.6 Å². The van der Waals surface area contributed by atoms with Crippen molar-refractivity contribution < 1.29 is 13.2 Å². The Hall–Kier alpha value is -0.780. The van der Waals surface area contributed by atoms with Crippen molar-refractivity contribution in [2.24, 2.45) is 11.8 Å². The molecule has 0 aromatic carbocycles. The maximum atomic E-state index is 12.0. The summed E-state index contributed by atoms with van der Waals surface area (Å²) in [4.78, 5) is 12.0. The van der Waals surface area contributed by atoms with Gasteiger partial charge >= 0.3 is 6.03 Å². The van der Waals surface area contributed by atoms with Gasteiger partial charge in [0.25, 0.3) is 0 Å². The van der Waals surface area contributed by atoms with E-state index in [1.807, 2.05) is 6.92 Å². The minimum absolute atomic E-state index is 0.113. The van der Waals surface area contributed by atoms with Crippen molar-refractivity contribution in [3.63, 3.8) is 0 Å². The highest BCUT2D eigenvalue weighted by molar-refractivity contribution is 7.90. The Balaban J connectivity index is 1.68. The summed E-state index contributed by atoms with van der Waals surface area (Å²) in [5.41, 5.74) is 0. The van der Waals surface area contributed by atoms with Crippen molar-refractivity contribution in [1.82, 2.24) is 10.6 Å². The Bertz CT molecular complexity index is 460. The lowest BCUT2D eigenvalue weighted by Gasteiger charge is -2.30. The Morgan fingerprint density at radius 1 is 1.19 bits per heavy atom. The van der Waals surface area contributed by atoms with Crippen LogP contribution in [0.2, 0.25) is 0 Å². The Morgan fingerprint density at radius 2 is 1.90 bits per heavy atom. The van der Waals surface area contributed by atoms with Gasteiger partial charge in [-0.25, -0.2) is 13.2 Å². The Labute approximate surface area is 128 Å². The van der Waals surface area contributed by atoms with Crippen molar-refractivity contribution in [3.05, 3.63) is 0 Å². The van der Waals surface area contributed by atoms with E-state index < -0.39 is 9.84 Å². The average molecular weight is 316 g/mol. The van der Waals surface area contributed by atoms with Crippen LogP contribution in [0.15, 0.2) is 0 Å². The molecule has 2 aliphatic rings. The lowest BCUT2D eigenvalue weighted by atomic mass is 9.83. The van der Waals surface area contributed by atoms with Crippen LogP contribution in [-0.2, 0) is 9.84 Å². The summed E-state index contributed by atoms with van der Waals surface area (Å²) in [5, 5.41) is 5.91. The van der Waals surface area contributed by atoms with Gasteiger partial charge in [-0.05, 0) is 50.9 Å². The number of rotatable bonds is 6. The number of hydrogen-bond acceptors (Lipinski definition) is 3. The van der Waals surface area contributed by atoms with E-state index in [4.69, 9.17) is 0 Å². The third-order valence-electron chi connectivity index (χ3n) is 4.64. The summed E-state index contributed by atoms with van der Waals surface area (Å²) in [7, 11) is -2.96. The second kappa shape index (κ2) is 6.99. The first-order chi connectivity index (χ1) is 9.83. The third-order valence-corrected chi connectivity index (χ3v) is 5.62. The second-order valence-electron chi connectivity index (χ2n) is 6.90. The van der Waals surface area contributed by atoms with E-state index >= 15 is 0 Å². The largest absolute Gasteiger partial charge is 0.336 e. The highest BCUT2D eigenvalue weighted by atomic mass is 32.2. The van der Waals surface area contributed by atoms with E-state index in [9.17, 15) is 13.2 Å². The molecule has 2 aliphatic carbocycles. The van der Waals surface area contributed by atoms with Gasteiger partial charge in [0.15, 0.2) is 0 Å². The van der Waals surface area contributed by atoms with Crippen LogP contribution in [-0.4, -0.2) is 38.5 Å². The molecule has 0 aliphatic heterocycles. The smallest absolute Gasteiger partial charge is 0.315 e. The molecule has 0 aromatic rings. The number of carbonyl (C=O) groups excluding carboxylic acids is 1. The predicted molar refractivity (Wildman–Crippen MR) is 83.9 cm³/mol. The molecule has 2 rings (SSSR count). The lowest BCUT2D eigenvalue weighted by molar-refractivity contribution is 0.218. The highest BCUT2D eigenvalue weighted by Gasteiger charge is 2.35. The molecule has 0 unspecified atom stereocenters. The van der Waals surface area contributed by atoms with Crippen LogP contribution in [0.5, 0.6) is 0 Å². The SMILES string of the molecule is C[C@H](CCS(C)(=O)=O)NC(=O)N[C@@H]1CCC[C@@H](C2CC2)C1. The fraction of sp³-hybridized carbons (Fsp3) is 0.933. The van der Waals surface area contributed by atoms with Crippen LogP contribution in [0.4, 0.5) is 4.79 Å². The molecule has 0 aromatic heterocycles. The lowest BCUT2D eigenvalue weighted by Crippen LogP contribution is -2.47. The first-order valence-corrected chi connectivity index (χ1v) is 10.1. The van der Waals surface area contributed by atoms with Gasteiger partial charge in [0, 0.05) is 18.3 Å². The van der Waals surface area contributed by atoms with Crippen LogP contribution in [0, 0.1) is 11.8 Å². The first-order valence-electron chi connectivity index (χ1n) is 8.08. The molecule has 122 valence electrons. The van der Waals surface area contributed by atoms with Gasteiger partial charge in [-0.3, -0.25) is 0 Å². The number of nitrogens with one attached hydrogen (secondary N) is 2. The fourth-order valence-electron chi connectivity index (χ4n) is 3.27. The quantitative estimate of drug-likeness (QED) is 0.788. The number of hydrogen-bond donors (Lipinski definition) is 2. The molecule has 0 heterocycles. The minimum Gasteiger partial charge on any atom is -0.336 e. The van der Waals surface area contributed by atoms with Crippen LogP contribution >= 0.6 is 0 Å². The monoisotopic (exact) mass is 316 g/mol. The minimum atomic E-state index is -2.96. The Morgan fingerprint density at radius 3 is 2.52 bits per heavy atom. The van der Waals surface area contributed by atoms with Gasteiger partial charge in [-0.2, -0.15) is 0 Å². The van der Waals surface area contributed by atoms with Crippen LogP contribution < -0.4 is 10.6 Å². The molecular weight excluding hydrogens is 288 g/mol. The number of carbonyl (C=O) groups is 1. The molecule has 5 nitrogen and oxygen atoms in total. The maximum absolute atomic E-state index is 12.0. The normalized spacial score (nSPS) is 27.9. The molecule has 0 radical (unpaired) electrons. The van der Waals surface area contributed by atoms with Crippen LogP contribution in [0.3, 0.4) is 0 Å². The van der Waals surface area contributed by atoms with Crippen molar-refractivity contribution in [1.29, 1.82) is 0 Å².